The van der Waals surface area contributed by atoms with Gasteiger partial charge in [0.1, 0.15) is 0 Å². The Labute approximate surface area is 74.7 Å². The lowest BCUT2D eigenvalue weighted by molar-refractivity contribution is 0.291. The number of oxime groups is 1. The normalized spacial score (nSPS) is 34.5. The van der Waals surface area contributed by atoms with E-state index in [2.05, 4.69) is 25.9 Å². The van der Waals surface area contributed by atoms with Crippen molar-refractivity contribution < 1.29 is 5.21 Å². The Bertz CT molecular complexity index is 175. The van der Waals surface area contributed by atoms with Crippen LogP contribution in [0.5, 0.6) is 0 Å². The van der Waals surface area contributed by atoms with Gasteiger partial charge in [0.05, 0.1) is 5.71 Å². The highest BCUT2D eigenvalue weighted by atomic mass is 16.4. The molecule has 0 spiro atoms. The second kappa shape index (κ2) is 3.92. The smallest absolute Gasteiger partial charge is 0.0606 e. The Morgan fingerprint density at radius 3 is 2.58 bits per heavy atom. The van der Waals surface area contributed by atoms with Crippen molar-refractivity contribution >= 4 is 5.71 Å². The molecule has 0 aliphatic heterocycles. The molecule has 2 nitrogen and oxygen atoms in total. The quantitative estimate of drug-likeness (QED) is 0.475. The third kappa shape index (κ3) is 1.99. The van der Waals surface area contributed by atoms with Crippen LogP contribution in [0.1, 0.15) is 40.0 Å². The molecule has 0 aromatic heterocycles. The molecule has 0 radical (unpaired) electrons. The van der Waals surface area contributed by atoms with E-state index >= 15 is 0 Å². The van der Waals surface area contributed by atoms with E-state index in [1.54, 1.807) is 0 Å². The van der Waals surface area contributed by atoms with Crippen LogP contribution in [0.15, 0.2) is 5.16 Å². The molecule has 0 aromatic rings. The maximum absolute atomic E-state index is 8.82. The van der Waals surface area contributed by atoms with Crippen LogP contribution in [0.3, 0.4) is 0 Å². The molecule has 2 heteroatoms. The van der Waals surface area contributed by atoms with Crippen LogP contribution >= 0.6 is 0 Å². The summed E-state index contributed by atoms with van der Waals surface area (Å²) in [6, 6.07) is 0. The maximum atomic E-state index is 8.82. The second-order valence-electron chi connectivity index (χ2n) is 4.33. The van der Waals surface area contributed by atoms with Gasteiger partial charge >= 0.3 is 0 Å². The topological polar surface area (TPSA) is 32.6 Å². The maximum Gasteiger partial charge on any atom is 0.0606 e. The molecule has 1 aliphatic carbocycles. The minimum Gasteiger partial charge on any atom is -0.411 e. The molecular weight excluding hydrogens is 150 g/mol. The van der Waals surface area contributed by atoms with Crippen molar-refractivity contribution in [2.45, 2.75) is 40.0 Å². The van der Waals surface area contributed by atoms with E-state index in [-0.39, 0.29) is 0 Å². The van der Waals surface area contributed by atoms with E-state index in [1.165, 1.54) is 12.8 Å². The lowest BCUT2D eigenvalue weighted by atomic mass is 9.76. The third-order valence-electron chi connectivity index (χ3n) is 2.89. The van der Waals surface area contributed by atoms with Crippen molar-refractivity contribution in [3.05, 3.63) is 0 Å². The van der Waals surface area contributed by atoms with E-state index in [4.69, 9.17) is 5.21 Å². The average Bonchev–Trinajstić information content (AvgIpc) is 2.03. The third-order valence-corrected chi connectivity index (χ3v) is 2.89. The van der Waals surface area contributed by atoms with E-state index < -0.39 is 0 Å². The molecule has 0 unspecified atom stereocenters. The van der Waals surface area contributed by atoms with Gasteiger partial charge in [0, 0.05) is 5.92 Å². The van der Waals surface area contributed by atoms with Crippen molar-refractivity contribution in [2.75, 3.05) is 0 Å². The summed E-state index contributed by atoms with van der Waals surface area (Å²) < 4.78 is 0. The van der Waals surface area contributed by atoms with Crippen LogP contribution in [-0.4, -0.2) is 10.9 Å². The second-order valence-corrected chi connectivity index (χ2v) is 4.33. The van der Waals surface area contributed by atoms with Gasteiger partial charge in [-0.1, -0.05) is 25.9 Å². The summed E-state index contributed by atoms with van der Waals surface area (Å²) in [6.07, 6.45) is 3.46. The molecule has 1 rings (SSSR count). The first-order chi connectivity index (χ1) is 5.65. The average molecular weight is 169 g/mol. The Balaban J connectivity index is 2.63. The Morgan fingerprint density at radius 2 is 2.08 bits per heavy atom. The van der Waals surface area contributed by atoms with Gasteiger partial charge in [-0.3, -0.25) is 0 Å². The zero-order chi connectivity index (χ0) is 9.14. The van der Waals surface area contributed by atoms with E-state index in [9.17, 15) is 0 Å². The molecule has 70 valence electrons. The van der Waals surface area contributed by atoms with Crippen molar-refractivity contribution in [1.29, 1.82) is 0 Å². The van der Waals surface area contributed by atoms with Crippen molar-refractivity contribution in [2.24, 2.45) is 22.9 Å². The summed E-state index contributed by atoms with van der Waals surface area (Å²) in [5.74, 6) is 1.83. The minimum atomic E-state index is 0.520. The van der Waals surface area contributed by atoms with Crippen LogP contribution in [0.25, 0.3) is 0 Å². The molecule has 0 amide bonds. The predicted octanol–water partition coefficient (Wildman–Crippen LogP) is 2.91. The summed E-state index contributed by atoms with van der Waals surface area (Å²) in [5.41, 5.74) is 1.02. The van der Waals surface area contributed by atoms with Gasteiger partial charge in [0.15, 0.2) is 0 Å². The summed E-state index contributed by atoms with van der Waals surface area (Å²) in [7, 11) is 0. The Kier molecular flexibility index (Phi) is 3.12. The fourth-order valence-electron chi connectivity index (χ4n) is 2.07. The summed E-state index contributed by atoms with van der Waals surface area (Å²) in [5, 5.41) is 12.2. The number of hydrogen-bond acceptors (Lipinski definition) is 2. The molecule has 1 saturated carbocycles. The summed E-state index contributed by atoms with van der Waals surface area (Å²) >= 11 is 0. The largest absolute Gasteiger partial charge is 0.411 e. The van der Waals surface area contributed by atoms with Crippen molar-refractivity contribution in [1.82, 2.24) is 0 Å². The molecule has 1 fully saturated rings. The van der Waals surface area contributed by atoms with Gasteiger partial charge in [0.2, 0.25) is 0 Å². The first-order valence-electron chi connectivity index (χ1n) is 4.86. The van der Waals surface area contributed by atoms with Gasteiger partial charge in [0.25, 0.3) is 0 Å². The first-order valence-corrected chi connectivity index (χ1v) is 4.86. The van der Waals surface area contributed by atoms with E-state index in [1.807, 2.05) is 0 Å². The Hall–Kier alpha value is -0.530. The summed E-state index contributed by atoms with van der Waals surface area (Å²) in [4.78, 5) is 0. The summed E-state index contributed by atoms with van der Waals surface area (Å²) in [6.45, 7) is 6.62. The van der Waals surface area contributed by atoms with Gasteiger partial charge in [-0.2, -0.15) is 0 Å². The fourth-order valence-corrected chi connectivity index (χ4v) is 2.07. The van der Waals surface area contributed by atoms with Crippen LogP contribution in [-0.2, 0) is 0 Å². The molecule has 1 aliphatic rings. The molecule has 2 atom stereocenters. The van der Waals surface area contributed by atoms with Crippen molar-refractivity contribution in [3.8, 4) is 0 Å². The standard InChI is InChI=1S/C10H19NO/c1-7(2)9-5-4-8(3)6-10(9)11-12/h7-9,12H,4-6H2,1-3H3/b11-10-/t8-,9-/m1/s1. The van der Waals surface area contributed by atoms with Gasteiger partial charge in [-0.25, -0.2) is 0 Å². The van der Waals surface area contributed by atoms with Crippen LogP contribution < -0.4 is 0 Å². The van der Waals surface area contributed by atoms with Gasteiger partial charge in [-0.05, 0) is 31.1 Å². The molecule has 0 aromatic carbocycles. The SMILES string of the molecule is CC(C)[C@H]1CC[C@@H](C)C/C1=N/O. The number of hydrogen-bond donors (Lipinski definition) is 1. The molecule has 1 N–H and O–H groups in total. The predicted molar refractivity (Wildman–Crippen MR) is 50.6 cm³/mol. The first kappa shape index (κ1) is 9.56. The fraction of sp³-hybridized carbons (Fsp3) is 0.900. The zero-order valence-electron chi connectivity index (χ0n) is 8.25. The van der Waals surface area contributed by atoms with E-state index in [0.717, 1.165) is 12.1 Å². The van der Waals surface area contributed by atoms with Gasteiger partial charge in [-0.15, -0.1) is 0 Å². The van der Waals surface area contributed by atoms with Crippen LogP contribution in [0.2, 0.25) is 0 Å². The molecule has 12 heavy (non-hydrogen) atoms. The van der Waals surface area contributed by atoms with E-state index in [0.29, 0.717) is 17.8 Å². The highest BCUT2D eigenvalue weighted by molar-refractivity contribution is 5.87. The zero-order valence-corrected chi connectivity index (χ0v) is 8.25. The van der Waals surface area contributed by atoms with Crippen LogP contribution in [0, 0.1) is 17.8 Å². The van der Waals surface area contributed by atoms with Gasteiger partial charge < -0.3 is 5.21 Å². The van der Waals surface area contributed by atoms with Crippen molar-refractivity contribution in [3.63, 3.8) is 0 Å². The molecule has 0 saturated heterocycles. The number of nitrogens with zero attached hydrogens (tertiary/aromatic N) is 1. The Morgan fingerprint density at radius 1 is 1.42 bits per heavy atom. The molecule has 0 bridgehead atoms. The minimum absolute atomic E-state index is 0.520. The molecular formula is C10H19NO. The highest BCUT2D eigenvalue weighted by Crippen LogP contribution is 2.30. The lowest BCUT2D eigenvalue weighted by Gasteiger charge is -2.29. The number of rotatable bonds is 1. The molecule has 0 heterocycles. The lowest BCUT2D eigenvalue weighted by Crippen LogP contribution is -2.27. The highest BCUT2D eigenvalue weighted by Gasteiger charge is 2.27. The monoisotopic (exact) mass is 169 g/mol. The van der Waals surface area contributed by atoms with Crippen LogP contribution in [0.4, 0.5) is 0 Å².